The summed E-state index contributed by atoms with van der Waals surface area (Å²) in [7, 11) is 1.59. The van der Waals surface area contributed by atoms with Gasteiger partial charge in [0.1, 0.15) is 6.61 Å². The monoisotopic (exact) mass is 419 g/mol. The molecule has 1 aromatic heterocycles. The fourth-order valence-electron chi connectivity index (χ4n) is 3.72. The van der Waals surface area contributed by atoms with Gasteiger partial charge in [-0.1, -0.05) is 30.3 Å². The number of amides is 1. The number of anilines is 2. The van der Waals surface area contributed by atoms with Crippen molar-refractivity contribution >= 4 is 18.0 Å². The Morgan fingerprint density at radius 2 is 1.87 bits per heavy atom. The Balaban J connectivity index is 1.60. The van der Waals surface area contributed by atoms with E-state index in [0.29, 0.717) is 49.4 Å². The number of hydrogen-bond acceptors (Lipinski definition) is 7. The second kappa shape index (κ2) is 9.34. The molecule has 1 fully saturated rings. The van der Waals surface area contributed by atoms with Gasteiger partial charge in [-0.3, -0.25) is 4.79 Å². The Kier molecular flexibility index (Phi) is 6.16. The number of ether oxygens (including phenoxy) is 2. The molecule has 8 nitrogen and oxygen atoms in total. The zero-order valence-corrected chi connectivity index (χ0v) is 17.3. The molecule has 31 heavy (non-hydrogen) atoms. The highest BCUT2D eigenvalue weighted by atomic mass is 16.5. The summed E-state index contributed by atoms with van der Waals surface area (Å²) in [5, 5.41) is 0. The zero-order chi connectivity index (χ0) is 21.6. The molecule has 4 rings (SSSR count). The van der Waals surface area contributed by atoms with Gasteiger partial charge in [0.2, 0.25) is 12.4 Å². The van der Waals surface area contributed by atoms with Crippen molar-refractivity contribution in [3.8, 4) is 11.5 Å². The summed E-state index contributed by atoms with van der Waals surface area (Å²) in [6.07, 6.45) is 4.28. The molecule has 0 aliphatic carbocycles. The number of carbonyl (C=O) groups is 1. The highest BCUT2D eigenvalue weighted by molar-refractivity contribution is 5.62. The summed E-state index contributed by atoms with van der Waals surface area (Å²) in [5.74, 6) is 1.76. The maximum Gasteiger partial charge on any atom is 0.225 e. The largest absolute Gasteiger partial charge is 0.493 e. The molecule has 8 heteroatoms. The number of piperazine rings is 1. The summed E-state index contributed by atoms with van der Waals surface area (Å²) in [5.41, 5.74) is 8.81. The maximum absolute atomic E-state index is 11.8. The number of benzene rings is 2. The summed E-state index contributed by atoms with van der Waals surface area (Å²) in [6.45, 7) is 2.12. The lowest BCUT2D eigenvalue weighted by Gasteiger charge is -2.40. The van der Waals surface area contributed by atoms with Crippen LogP contribution in [0.3, 0.4) is 0 Å². The molecule has 0 saturated carbocycles. The summed E-state index contributed by atoms with van der Waals surface area (Å²) in [6, 6.07) is 15.0. The van der Waals surface area contributed by atoms with E-state index in [1.807, 2.05) is 36.4 Å². The van der Waals surface area contributed by atoms with E-state index >= 15 is 0 Å². The minimum Gasteiger partial charge on any atom is -0.493 e. The van der Waals surface area contributed by atoms with E-state index in [-0.39, 0.29) is 6.04 Å². The van der Waals surface area contributed by atoms with Crippen LogP contribution in [0.2, 0.25) is 0 Å². The second-order valence-electron chi connectivity index (χ2n) is 7.26. The fourth-order valence-corrected chi connectivity index (χ4v) is 3.72. The van der Waals surface area contributed by atoms with Gasteiger partial charge in [-0.15, -0.1) is 0 Å². The normalized spacial score (nSPS) is 16.1. The lowest BCUT2D eigenvalue weighted by Crippen LogP contribution is -2.48. The standard InChI is InChI=1S/C23H25N5O3/c1-30-21-12-18(19(24)13-22(21)31-15-17-6-3-2-4-7-17)20-14-27(10-11-28(20)16-29)23-25-8-5-9-26-23/h2-9,12-13,16,20H,10-11,14-15,24H2,1H3. The van der Waals surface area contributed by atoms with Crippen LogP contribution in [0.1, 0.15) is 17.2 Å². The van der Waals surface area contributed by atoms with Crippen LogP contribution in [0.5, 0.6) is 11.5 Å². The predicted octanol–water partition coefficient (Wildman–Crippen LogP) is 2.67. The maximum atomic E-state index is 11.8. The van der Waals surface area contributed by atoms with E-state index in [1.165, 1.54) is 0 Å². The number of carbonyl (C=O) groups excluding carboxylic acids is 1. The highest BCUT2D eigenvalue weighted by Gasteiger charge is 2.31. The molecule has 1 amide bonds. The number of nitrogen functional groups attached to an aromatic ring is 1. The smallest absolute Gasteiger partial charge is 0.225 e. The van der Waals surface area contributed by atoms with Gasteiger partial charge in [0.05, 0.1) is 13.2 Å². The molecule has 2 aromatic carbocycles. The third-order valence-corrected chi connectivity index (χ3v) is 5.36. The molecule has 1 unspecified atom stereocenters. The lowest BCUT2D eigenvalue weighted by atomic mass is 10.00. The van der Waals surface area contributed by atoms with Crippen LogP contribution in [0, 0.1) is 0 Å². The van der Waals surface area contributed by atoms with Crippen molar-refractivity contribution in [1.82, 2.24) is 14.9 Å². The molecule has 1 aliphatic rings. The third-order valence-electron chi connectivity index (χ3n) is 5.36. The predicted molar refractivity (Wildman–Crippen MR) is 118 cm³/mol. The first kappa shape index (κ1) is 20.5. The Morgan fingerprint density at radius 3 is 2.58 bits per heavy atom. The van der Waals surface area contributed by atoms with Gasteiger partial charge >= 0.3 is 0 Å². The first-order chi connectivity index (χ1) is 15.2. The number of nitrogens with zero attached hydrogens (tertiary/aromatic N) is 4. The molecule has 3 aromatic rings. The van der Waals surface area contributed by atoms with Gasteiger partial charge < -0.3 is 25.0 Å². The van der Waals surface area contributed by atoms with Crippen LogP contribution in [0.4, 0.5) is 11.6 Å². The van der Waals surface area contributed by atoms with Crippen molar-refractivity contribution in [2.75, 3.05) is 37.4 Å². The van der Waals surface area contributed by atoms with Crippen molar-refractivity contribution in [1.29, 1.82) is 0 Å². The van der Waals surface area contributed by atoms with Gasteiger partial charge in [-0.05, 0) is 17.7 Å². The number of rotatable bonds is 7. The molecule has 1 saturated heterocycles. The van der Waals surface area contributed by atoms with Crippen LogP contribution in [-0.4, -0.2) is 48.0 Å². The second-order valence-corrected chi connectivity index (χ2v) is 7.26. The molecule has 0 bridgehead atoms. The SMILES string of the molecule is COc1cc(C2CN(c3ncccn3)CCN2C=O)c(N)cc1OCc1ccccc1. The van der Waals surface area contributed by atoms with Crippen LogP contribution in [0.15, 0.2) is 60.9 Å². The van der Waals surface area contributed by atoms with Crippen LogP contribution >= 0.6 is 0 Å². The van der Waals surface area contributed by atoms with Crippen molar-refractivity contribution in [3.05, 3.63) is 72.1 Å². The molecule has 1 aliphatic heterocycles. The van der Waals surface area contributed by atoms with E-state index in [9.17, 15) is 4.79 Å². The number of methoxy groups -OCH3 is 1. The van der Waals surface area contributed by atoms with Crippen LogP contribution in [-0.2, 0) is 11.4 Å². The molecule has 1 atom stereocenters. The highest BCUT2D eigenvalue weighted by Crippen LogP contribution is 2.38. The van der Waals surface area contributed by atoms with Crippen molar-refractivity contribution in [2.24, 2.45) is 0 Å². The molecule has 0 spiro atoms. The van der Waals surface area contributed by atoms with Gasteiger partial charge in [0.25, 0.3) is 0 Å². The van der Waals surface area contributed by atoms with Gasteiger partial charge in [-0.25, -0.2) is 9.97 Å². The zero-order valence-electron chi connectivity index (χ0n) is 17.3. The van der Waals surface area contributed by atoms with E-state index in [4.69, 9.17) is 15.2 Å². The Labute approximate surface area is 181 Å². The van der Waals surface area contributed by atoms with Crippen LogP contribution < -0.4 is 20.1 Å². The summed E-state index contributed by atoms with van der Waals surface area (Å²) in [4.78, 5) is 24.2. The van der Waals surface area contributed by atoms with E-state index < -0.39 is 0 Å². The third kappa shape index (κ3) is 4.53. The van der Waals surface area contributed by atoms with Crippen molar-refractivity contribution in [2.45, 2.75) is 12.6 Å². The van der Waals surface area contributed by atoms with Crippen molar-refractivity contribution in [3.63, 3.8) is 0 Å². The topological polar surface area (TPSA) is 93.8 Å². The molecule has 2 N–H and O–H groups in total. The van der Waals surface area contributed by atoms with Gasteiger partial charge in [0.15, 0.2) is 11.5 Å². The van der Waals surface area contributed by atoms with E-state index in [2.05, 4.69) is 14.9 Å². The van der Waals surface area contributed by atoms with E-state index in [1.54, 1.807) is 36.5 Å². The average molecular weight is 419 g/mol. The summed E-state index contributed by atoms with van der Waals surface area (Å²) < 4.78 is 11.5. The van der Waals surface area contributed by atoms with E-state index in [0.717, 1.165) is 17.5 Å². The average Bonchev–Trinajstić information content (AvgIpc) is 2.83. The molecular weight excluding hydrogens is 394 g/mol. The van der Waals surface area contributed by atoms with Crippen LogP contribution in [0.25, 0.3) is 0 Å². The Morgan fingerprint density at radius 1 is 1.10 bits per heavy atom. The Bertz CT molecular complexity index is 1020. The molecule has 0 radical (unpaired) electrons. The Hall–Kier alpha value is -3.81. The molecule has 160 valence electrons. The first-order valence-corrected chi connectivity index (χ1v) is 10.1. The number of aromatic nitrogens is 2. The minimum atomic E-state index is -0.257. The van der Waals surface area contributed by atoms with Gasteiger partial charge in [-0.2, -0.15) is 0 Å². The number of hydrogen-bond donors (Lipinski definition) is 1. The fraction of sp³-hybridized carbons (Fsp3) is 0.261. The minimum absolute atomic E-state index is 0.257. The first-order valence-electron chi connectivity index (χ1n) is 10.1. The molecule has 2 heterocycles. The number of nitrogens with two attached hydrogens (primary N) is 1. The van der Waals surface area contributed by atoms with Crippen molar-refractivity contribution < 1.29 is 14.3 Å². The quantitative estimate of drug-likeness (QED) is 0.465. The van der Waals surface area contributed by atoms with Gasteiger partial charge in [0, 0.05) is 49.3 Å². The molecular formula is C23H25N5O3. The lowest BCUT2D eigenvalue weighted by molar-refractivity contribution is -0.120. The summed E-state index contributed by atoms with van der Waals surface area (Å²) >= 11 is 0.